The zero-order chi connectivity index (χ0) is 15.5. The molecular weight excluding hydrogens is 264 g/mol. The molecule has 1 aromatic heterocycles. The third-order valence-electron chi connectivity index (χ3n) is 3.75. The summed E-state index contributed by atoms with van der Waals surface area (Å²) in [6.45, 7) is 8.08. The largest absolute Gasteiger partial charge is 0.490 e. The Labute approximate surface area is 125 Å². The van der Waals surface area contributed by atoms with Gasteiger partial charge in [0, 0.05) is 18.0 Å². The van der Waals surface area contributed by atoms with Crippen LogP contribution in [-0.2, 0) is 5.60 Å². The van der Waals surface area contributed by atoms with Gasteiger partial charge in [-0.3, -0.25) is 0 Å². The van der Waals surface area contributed by atoms with Gasteiger partial charge in [0.25, 0.3) is 0 Å². The molecule has 4 nitrogen and oxygen atoms in total. The Balaban J connectivity index is 2.24. The van der Waals surface area contributed by atoms with E-state index in [4.69, 9.17) is 4.74 Å². The highest BCUT2D eigenvalue weighted by atomic mass is 16.5. The van der Waals surface area contributed by atoms with E-state index in [9.17, 15) is 5.11 Å². The lowest BCUT2D eigenvalue weighted by Crippen LogP contribution is -2.45. The minimum atomic E-state index is -1.17. The summed E-state index contributed by atoms with van der Waals surface area (Å²) in [7, 11) is 0. The molecule has 0 saturated carbocycles. The van der Waals surface area contributed by atoms with Gasteiger partial charge in [0.15, 0.2) is 0 Å². The Kier molecular flexibility index (Phi) is 4.28. The van der Waals surface area contributed by atoms with Crippen LogP contribution in [0.25, 0.3) is 0 Å². The maximum absolute atomic E-state index is 11.1. The van der Waals surface area contributed by atoms with Gasteiger partial charge in [-0.15, -0.1) is 0 Å². The van der Waals surface area contributed by atoms with Crippen molar-refractivity contribution in [1.82, 2.24) is 9.97 Å². The molecule has 112 valence electrons. The predicted octanol–water partition coefficient (Wildman–Crippen LogP) is 3.10. The van der Waals surface area contributed by atoms with E-state index in [0.29, 0.717) is 5.56 Å². The highest BCUT2D eigenvalue weighted by Gasteiger charge is 2.43. The van der Waals surface area contributed by atoms with Crippen molar-refractivity contribution in [3.05, 3.63) is 54.1 Å². The molecule has 0 spiro atoms. The van der Waals surface area contributed by atoms with E-state index in [1.165, 1.54) is 11.9 Å². The van der Waals surface area contributed by atoms with E-state index in [1.807, 2.05) is 52.0 Å². The molecule has 2 aromatic rings. The molecule has 0 aliphatic rings. The number of ether oxygens (including phenoxy) is 1. The number of rotatable bonds is 4. The molecule has 1 unspecified atom stereocenters. The number of aliphatic hydroxyl groups is 1. The van der Waals surface area contributed by atoms with Gasteiger partial charge in [0.1, 0.15) is 24.3 Å². The summed E-state index contributed by atoms with van der Waals surface area (Å²) in [5.41, 5.74) is 0.246. The van der Waals surface area contributed by atoms with Gasteiger partial charge in [0.2, 0.25) is 0 Å². The number of hydrogen-bond acceptors (Lipinski definition) is 4. The summed E-state index contributed by atoms with van der Waals surface area (Å²) in [5.74, 6) is 0.736. The van der Waals surface area contributed by atoms with Crippen molar-refractivity contribution in [2.75, 3.05) is 6.61 Å². The molecule has 1 heterocycles. The van der Waals surface area contributed by atoms with Crippen molar-refractivity contribution in [3.63, 3.8) is 0 Å². The number of hydrogen-bond donors (Lipinski definition) is 1. The minimum Gasteiger partial charge on any atom is -0.490 e. The molecule has 21 heavy (non-hydrogen) atoms. The summed E-state index contributed by atoms with van der Waals surface area (Å²) >= 11 is 0. The third kappa shape index (κ3) is 3.39. The average molecular weight is 286 g/mol. The van der Waals surface area contributed by atoms with E-state index in [1.54, 1.807) is 12.4 Å². The van der Waals surface area contributed by atoms with Gasteiger partial charge in [-0.25, -0.2) is 9.97 Å². The highest BCUT2D eigenvalue weighted by Crippen LogP contribution is 2.39. The van der Waals surface area contributed by atoms with Crippen LogP contribution in [0.1, 0.15) is 31.9 Å². The lowest BCUT2D eigenvalue weighted by Gasteiger charge is -2.39. The lowest BCUT2D eigenvalue weighted by molar-refractivity contribution is -0.0949. The molecule has 0 radical (unpaired) electrons. The Hall–Kier alpha value is -1.94. The summed E-state index contributed by atoms with van der Waals surface area (Å²) in [5, 5.41) is 11.1. The summed E-state index contributed by atoms with van der Waals surface area (Å²) in [6, 6.07) is 7.77. The number of aromatic nitrogens is 2. The van der Waals surface area contributed by atoms with E-state index >= 15 is 0 Å². The predicted molar refractivity (Wildman–Crippen MR) is 82.1 cm³/mol. The average Bonchev–Trinajstić information content (AvgIpc) is 2.46. The van der Waals surface area contributed by atoms with Crippen LogP contribution in [0, 0.1) is 12.3 Å². The van der Waals surface area contributed by atoms with Crippen molar-refractivity contribution in [1.29, 1.82) is 0 Å². The van der Waals surface area contributed by atoms with Gasteiger partial charge in [-0.1, -0.05) is 38.5 Å². The highest BCUT2D eigenvalue weighted by molar-refractivity contribution is 5.27. The fourth-order valence-corrected chi connectivity index (χ4v) is 2.07. The van der Waals surface area contributed by atoms with Crippen LogP contribution in [-0.4, -0.2) is 21.7 Å². The van der Waals surface area contributed by atoms with Crippen molar-refractivity contribution >= 4 is 0 Å². The second kappa shape index (κ2) is 5.82. The van der Waals surface area contributed by atoms with Crippen molar-refractivity contribution in [3.8, 4) is 5.75 Å². The molecule has 1 atom stereocenters. The van der Waals surface area contributed by atoms with Gasteiger partial charge >= 0.3 is 0 Å². The van der Waals surface area contributed by atoms with Gasteiger partial charge < -0.3 is 9.84 Å². The molecule has 0 fully saturated rings. The molecule has 2 rings (SSSR count). The Morgan fingerprint density at radius 3 is 2.14 bits per heavy atom. The summed E-state index contributed by atoms with van der Waals surface area (Å²) in [4.78, 5) is 8.01. The number of benzene rings is 1. The number of aryl methyl sites for hydroxylation is 1. The zero-order valence-electron chi connectivity index (χ0n) is 13.0. The van der Waals surface area contributed by atoms with Crippen molar-refractivity contribution in [2.24, 2.45) is 5.41 Å². The Morgan fingerprint density at radius 2 is 1.62 bits per heavy atom. The van der Waals surface area contributed by atoms with Crippen LogP contribution < -0.4 is 4.74 Å². The SMILES string of the molecule is Cc1ccc(OCC(O)(c2cncnc2)C(C)(C)C)cc1. The Morgan fingerprint density at radius 1 is 1.05 bits per heavy atom. The fraction of sp³-hybridized carbons (Fsp3) is 0.412. The monoisotopic (exact) mass is 286 g/mol. The molecule has 0 aliphatic heterocycles. The third-order valence-corrected chi connectivity index (χ3v) is 3.75. The van der Waals surface area contributed by atoms with Crippen molar-refractivity contribution < 1.29 is 9.84 Å². The fourth-order valence-electron chi connectivity index (χ4n) is 2.07. The minimum absolute atomic E-state index is 0.146. The number of nitrogens with zero attached hydrogens (tertiary/aromatic N) is 2. The molecule has 4 heteroatoms. The van der Waals surface area contributed by atoms with Crippen LogP contribution in [0.15, 0.2) is 43.0 Å². The molecule has 1 N–H and O–H groups in total. The second-order valence-electron chi connectivity index (χ2n) is 6.34. The van der Waals surface area contributed by atoms with E-state index in [2.05, 4.69) is 9.97 Å². The van der Waals surface area contributed by atoms with Crippen LogP contribution in [0.4, 0.5) is 0 Å². The molecule has 0 amide bonds. The normalized spacial score (nSPS) is 14.5. The van der Waals surface area contributed by atoms with Crippen LogP contribution >= 0.6 is 0 Å². The van der Waals surface area contributed by atoms with Crippen LogP contribution in [0.5, 0.6) is 5.75 Å². The van der Waals surface area contributed by atoms with E-state index in [-0.39, 0.29) is 6.61 Å². The Bertz CT molecular complexity index is 576. The first-order valence-electron chi connectivity index (χ1n) is 7.00. The quantitative estimate of drug-likeness (QED) is 0.938. The summed E-state index contributed by atoms with van der Waals surface area (Å²) in [6.07, 6.45) is 4.72. The van der Waals surface area contributed by atoms with E-state index in [0.717, 1.165) is 5.75 Å². The van der Waals surface area contributed by atoms with Crippen molar-refractivity contribution in [2.45, 2.75) is 33.3 Å². The van der Waals surface area contributed by atoms with E-state index < -0.39 is 11.0 Å². The lowest BCUT2D eigenvalue weighted by atomic mass is 9.73. The maximum atomic E-state index is 11.1. The molecular formula is C17H22N2O2. The molecule has 0 bridgehead atoms. The van der Waals surface area contributed by atoms with Gasteiger partial charge in [0.05, 0.1) is 0 Å². The standard InChI is InChI=1S/C17H22N2O2/c1-13-5-7-15(8-6-13)21-11-17(20,16(2,3)4)14-9-18-12-19-10-14/h5-10,12,20H,11H2,1-4H3. The topological polar surface area (TPSA) is 55.2 Å². The first-order chi connectivity index (χ1) is 9.83. The second-order valence-corrected chi connectivity index (χ2v) is 6.34. The van der Waals surface area contributed by atoms with Gasteiger partial charge in [-0.2, -0.15) is 0 Å². The first-order valence-corrected chi connectivity index (χ1v) is 7.00. The first kappa shape index (κ1) is 15.4. The summed E-state index contributed by atoms with van der Waals surface area (Å²) < 4.78 is 5.80. The molecule has 1 aromatic carbocycles. The molecule has 0 aliphatic carbocycles. The maximum Gasteiger partial charge on any atom is 0.131 e. The zero-order valence-corrected chi connectivity index (χ0v) is 13.0. The molecule has 0 saturated heterocycles. The smallest absolute Gasteiger partial charge is 0.131 e. The van der Waals surface area contributed by atoms with Gasteiger partial charge in [-0.05, 0) is 24.5 Å². The van der Waals surface area contributed by atoms with Crippen LogP contribution in [0.3, 0.4) is 0 Å². The van der Waals surface area contributed by atoms with Crippen LogP contribution in [0.2, 0.25) is 0 Å².